The summed E-state index contributed by atoms with van der Waals surface area (Å²) in [6.07, 6.45) is 1.12. The van der Waals surface area contributed by atoms with Gasteiger partial charge >= 0.3 is 5.97 Å². The number of aromatic amines is 1. The average molecular weight is 204 g/mol. The van der Waals surface area contributed by atoms with Crippen LogP contribution < -0.4 is 4.72 Å². The van der Waals surface area contributed by atoms with Crippen molar-refractivity contribution in [1.29, 1.82) is 0 Å². The molecule has 0 aliphatic heterocycles. The van der Waals surface area contributed by atoms with Crippen molar-refractivity contribution in [3.8, 4) is 0 Å². The number of H-pyrrole nitrogens is 1. The highest BCUT2D eigenvalue weighted by molar-refractivity contribution is 7.89. The molecule has 72 valence electrons. The molecule has 3 N–H and O–H groups in total. The van der Waals surface area contributed by atoms with E-state index in [-0.39, 0.29) is 10.6 Å². The zero-order valence-corrected chi connectivity index (χ0v) is 7.55. The van der Waals surface area contributed by atoms with Crippen molar-refractivity contribution in [2.45, 2.75) is 4.90 Å². The van der Waals surface area contributed by atoms with Crippen LogP contribution in [0, 0.1) is 0 Å². The van der Waals surface area contributed by atoms with Crippen LogP contribution in [0.2, 0.25) is 0 Å². The largest absolute Gasteiger partial charge is 0.477 e. The van der Waals surface area contributed by atoms with Crippen LogP contribution in [0.15, 0.2) is 17.2 Å². The van der Waals surface area contributed by atoms with Crippen LogP contribution in [-0.2, 0) is 10.0 Å². The van der Waals surface area contributed by atoms with E-state index in [0.717, 1.165) is 12.3 Å². The minimum absolute atomic E-state index is 0.0904. The quantitative estimate of drug-likeness (QED) is 0.625. The van der Waals surface area contributed by atoms with Crippen LogP contribution in [0.1, 0.15) is 10.5 Å². The zero-order valence-electron chi connectivity index (χ0n) is 6.73. The molecule has 13 heavy (non-hydrogen) atoms. The van der Waals surface area contributed by atoms with Gasteiger partial charge in [0, 0.05) is 6.20 Å². The Kier molecular flexibility index (Phi) is 2.39. The third-order valence-electron chi connectivity index (χ3n) is 1.47. The van der Waals surface area contributed by atoms with E-state index in [2.05, 4.69) is 9.71 Å². The van der Waals surface area contributed by atoms with Gasteiger partial charge < -0.3 is 10.1 Å². The summed E-state index contributed by atoms with van der Waals surface area (Å²) in [5.41, 5.74) is -0.158. The van der Waals surface area contributed by atoms with Gasteiger partial charge in [-0.15, -0.1) is 0 Å². The molecule has 0 spiro atoms. The molecule has 1 heterocycles. The molecule has 0 saturated carbocycles. The van der Waals surface area contributed by atoms with E-state index in [1.807, 2.05) is 0 Å². The van der Waals surface area contributed by atoms with Gasteiger partial charge in [-0.2, -0.15) is 0 Å². The van der Waals surface area contributed by atoms with Gasteiger partial charge in [-0.25, -0.2) is 17.9 Å². The summed E-state index contributed by atoms with van der Waals surface area (Å²) in [6.45, 7) is 0. The Labute approximate surface area is 74.6 Å². The molecule has 0 aliphatic rings. The van der Waals surface area contributed by atoms with E-state index < -0.39 is 16.0 Å². The van der Waals surface area contributed by atoms with E-state index in [0.29, 0.717) is 0 Å². The van der Waals surface area contributed by atoms with E-state index >= 15 is 0 Å². The maximum Gasteiger partial charge on any atom is 0.352 e. The molecular formula is C6H8N2O4S. The Hall–Kier alpha value is -1.34. The van der Waals surface area contributed by atoms with E-state index in [1.54, 1.807) is 0 Å². The summed E-state index contributed by atoms with van der Waals surface area (Å²) < 4.78 is 24.3. The maximum absolute atomic E-state index is 11.1. The third kappa shape index (κ3) is 1.87. The third-order valence-corrected chi connectivity index (χ3v) is 2.86. The number of sulfonamides is 1. The molecule has 0 radical (unpaired) electrons. The van der Waals surface area contributed by atoms with Crippen molar-refractivity contribution in [3.05, 3.63) is 18.0 Å². The maximum atomic E-state index is 11.1. The molecule has 0 bridgehead atoms. The van der Waals surface area contributed by atoms with Gasteiger partial charge in [-0.3, -0.25) is 0 Å². The molecule has 6 nitrogen and oxygen atoms in total. The molecule has 0 unspecified atom stereocenters. The molecule has 0 amide bonds. The lowest BCUT2D eigenvalue weighted by Gasteiger charge is -1.95. The first-order valence-corrected chi connectivity index (χ1v) is 4.81. The van der Waals surface area contributed by atoms with Crippen LogP contribution in [0.25, 0.3) is 0 Å². The molecule has 0 fully saturated rings. The molecule has 7 heteroatoms. The number of aromatic carboxylic acids is 1. The lowest BCUT2D eigenvalue weighted by molar-refractivity contribution is 0.0691. The fourth-order valence-corrected chi connectivity index (χ4v) is 1.49. The topological polar surface area (TPSA) is 99.3 Å². The zero-order chi connectivity index (χ0) is 10.1. The second-order valence-electron chi connectivity index (χ2n) is 2.26. The Morgan fingerprint density at radius 1 is 1.62 bits per heavy atom. The molecule has 1 aromatic heterocycles. The summed E-state index contributed by atoms with van der Waals surface area (Å²) in [5.74, 6) is -1.20. The summed E-state index contributed by atoms with van der Waals surface area (Å²) in [6, 6.07) is 1.05. The predicted octanol–water partition coefficient (Wildman–Crippen LogP) is -0.379. The number of rotatable bonds is 3. The number of carboxylic acids is 1. The summed E-state index contributed by atoms with van der Waals surface area (Å²) in [5, 5.41) is 8.49. The van der Waals surface area contributed by atoms with Gasteiger partial charge in [0.15, 0.2) is 0 Å². The lowest BCUT2D eigenvalue weighted by atomic mass is 10.4. The standard InChI is InChI=1S/C6H8N2O4S/c1-7-13(11,12)4-2-5(6(9)10)8-3-4/h2-3,7-8H,1H3,(H,9,10). The van der Waals surface area contributed by atoms with Crippen molar-refractivity contribution in [2.75, 3.05) is 7.05 Å². The minimum Gasteiger partial charge on any atom is -0.477 e. The van der Waals surface area contributed by atoms with Crippen molar-refractivity contribution in [3.63, 3.8) is 0 Å². The first-order valence-electron chi connectivity index (χ1n) is 3.32. The second kappa shape index (κ2) is 3.19. The summed E-state index contributed by atoms with van der Waals surface area (Å²) >= 11 is 0. The Bertz CT molecular complexity index is 420. The number of carboxylic acid groups (broad SMARTS) is 1. The number of carbonyl (C=O) groups is 1. The average Bonchev–Trinajstić information content (AvgIpc) is 2.52. The highest BCUT2D eigenvalue weighted by Gasteiger charge is 2.15. The fourth-order valence-electron chi connectivity index (χ4n) is 0.771. The fraction of sp³-hybridized carbons (Fsp3) is 0.167. The highest BCUT2D eigenvalue weighted by atomic mass is 32.2. The van der Waals surface area contributed by atoms with Crippen molar-refractivity contribution >= 4 is 16.0 Å². The van der Waals surface area contributed by atoms with E-state index in [9.17, 15) is 13.2 Å². The first kappa shape index (κ1) is 9.75. The van der Waals surface area contributed by atoms with Gasteiger partial charge in [-0.05, 0) is 13.1 Å². The van der Waals surface area contributed by atoms with Crippen LogP contribution in [0.5, 0.6) is 0 Å². The first-order chi connectivity index (χ1) is 5.97. The van der Waals surface area contributed by atoms with Crippen LogP contribution in [-0.4, -0.2) is 31.5 Å². The van der Waals surface area contributed by atoms with Gasteiger partial charge in [0.1, 0.15) is 10.6 Å². The molecule has 0 atom stereocenters. The minimum atomic E-state index is -3.56. The lowest BCUT2D eigenvalue weighted by Crippen LogP contribution is -2.17. The predicted molar refractivity (Wildman–Crippen MR) is 44.0 cm³/mol. The molecule has 1 aromatic rings. The monoisotopic (exact) mass is 204 g/mol. The summed E-state index contributed by atoms with van der Waals surface area (Å²) in [4.78, 5) is 12.6. The Morgan fingerprint density at radius 3 is 2.62 bits per heavy atom. The van der Waals surface area contributed by atoms with Gasteiger partial charge in [0.05, 0.1) is 0 Å². The normalized spacial score (nSPS) is 11.5. The van der Waals surface area contributed by atoms with Gasteiger partial charge in [-0.1, -0.05) is 0 Å². The van der Waals surface area contributed by atoms with E-state index in [4.69, 9.17) is 5.11 Å². The molecule has 0 aromatic carbocycles. The molecule has 0 saturated heterocycles. The summed E-state index contributed by atoms with van der Waals surface area (Å²) in [7, 11) is -2.30. The van der Waals surface area contributed by atoms with Crippen LogP contribution in [0.3, 0.4) is 0 Å². The molecular weight excluding hydrogens is 196 g/mol. The highest BCUT2D eigenvalue weighted by Crippen LogP contribution is 2.09. The van der Waals surface area contributed by atoms with Crippen molar-refractivity contribution in [2.24, 2.45) is 0 Å². The second-order valence-corrected chi connectivity index (χ2v) is 4.15. The number of hydrogen-bond donors (Lipinski definition) is 3. The van der Waals surface area contributed by atoms with Crippen LogP contribution >= 0.6 is 0 Å². The number of nitrogens with one attached hydrogen (secondary N) is 2. The van der Waals surface area contributed by atoms with Gasteiger partial charge in [0.25, 0.3) is 0 Å². The van der Waals surface area contributed by atoms with Crippen molar-refractivity contribution < 1.29 is 18.3 Å². The Balaban J connectivity index is 3.13. The number of aromatic nitrogens is 1. The Morgan fingerprint density at radius 2 is 2.23 bits per heavy atom. The van der Waals surface area contributed by atoms with Gasteiger partial charge in [0.2, 0.25) is 10.0 Å². The molecule has 1 rings (SSSR count). The molecule has 0 aliphatic carbocycles. The van der Waals surface area contributed by atoms with Crippen molar-refractivity contribution in [1.82, 2.24) is 9.71 Å². The number of hydrogen-bond acceptors (Lipinski definition) is 3. The SMILES string of the molecule is CNS(=O)(=O)c1c[nH]c(C(=O)O)c1. The van der Waals surface area contributed by atoms with E-state index in [1.165, 1.54) is 7.05 Å². The smallest absolute Gasteiger partial charge is 0.352 e. The van der Waals surface area contributed by atoms with Crippen LogP contribution in [0.4, 0.5) is 0 Å².